The van der Waals surface area contributed by atoms with E-state index in [0.717, 1.165) is 30.5 Å². The predicted octanol–water partition coefficient (Wildman–Crippen LogP) is 6.06. The number of rotatable bonds is 5. The van der Waals surface area contributed by atoms with E-state index in [1.54, 1.807) is 6.92 Å². The minimum atomic E-state index is -4.66. The Morgan fingerprint density at radius 3 is 2.39 bits per heavy atom. The van der Waals surface area contributed by atoms with Gasteiger partial charge in [0.1, 0.15) is 5.56 Å². The first-order valence-electron chi connectivity index (χ1n) is 9.08. The minimum absolute atomic E-state index is 0.00416. The third-order valence-corrected chi connectivity index (χ3v) is 4.47. The average molecular weight is 442 g/mol. The number of nitrogens with zero attached hydrogens (tertiary/aromatic N) is 1. The van der Waals surface area contributed by atoms with Crippen LogP contribution < -0.4 is 5.32 Å². The van der Waals surface area contributed by atoms with E-state index in [9.17, 15) is 31.1 Å². The molecular formula is C21H16F6N2O2. The van der Waals surface area contributed by atoms with Gasteiger partial charge in [-0.3, -0.25) is 4.98 Å². The molecule has 0 spiro atoms. The Morgan fingerprint density at radius 2 is 1.74 bits per heavy atom. The number of ether oxygens (including phenoxy) is 1. The number of halogens is 6. The molecular weight excluding hydrogens is 426 g/mol. The van der Waals surface area contributed by atoms with Gasteiger partial charge in [0.15, 0.2) is 0 Å². The highest BCUT2D eigenvalue weighted by Gasteiger charge is 2.33. The third kappa shape index (κ3) is 4.89. The van der Waals surface area contributed by atoms with Crippen molar-refractivity contribution in [3.8, 4) is 0 Å². The van der Waals surface area contributed by atoms with Gasteiger partial charge in [0, 0.05) is 18.1 Å². The number of esters is 1. The molecule has 0 saturated heterocycles. The van der Waals surface area contributed by atoms with Gasteiger partial charge >= 0.3 is 18.3 Å². The van der Waals surface area contributed by atoms with Crippen LogP contribution in [0.2, 0.25) is 0 Å². The number of fused-ring (bicyclic) bond motifs is 1. The van der Waals surface area contributed by atoms with Gasteiger partial charge in [-0.05, 0) is 36.8 Å². The summed E-state index contributed by atoms with van der Waals surface area (Å²) in [7, 11) is 0. The van der Waals surface area contributed by atoms with Crippen molar-refractivity contribution in [3.63, 3.8) is 0 Å². The molecule has 0 radical (unpaired) electrons. The molecule has 31 heavy (non-hydrogen) atoms. The number of hydrogen-bond donors (Lipinski definition) is 1. The highest BCUT2D eigenvalue weighted by Crippen LogP contribution is 2.36. The van der Waals surface area contributed by atoms with Crippen LogP contribution in [-0.2, 0) is 23.6 Å². The Morgan fingerprint density at radius 1 is 1.03 bits per heavy atom. The zero-order chi connectivity index (χ0) is 22.8. The number of carbonyl (C=O) groups excluding carboxylic acids is 1. The molecule has 0 aliphatic carbocycles. The Kier molecular flexibility index (Phi) is 6.10. The van der Waals surface area contributed by atoms with Crippen LogP contribution in [0, 0.1) is 0 Å². The molecule has 3 rings (SSSR count). The van der Waals surface area contributed by atoms with Crippen LogP contribution in [0.1, 0.15) is 34.0 Å². The average Bonchev–Trinajstić information content (AvgIpc) is 2.70. The van der Waals surface area contributed by atoms with E-state index in [1.165, 1.54) is 18.2 Å². The molecule has 0 amide bonds. The molecule has 0 atom stereocenters. The summed E-state index contributed by atoms with van der Waals surface area (Å²) in [6.07, 6.45) is -8.16. The zero-order valence-corrected chi connectivity index (χ0v) is 16.1. The molecule has 4 nitrogen and oxygen atoms in total. The van der Waals surface area contributed by atoms with Crippen LogP contribution in [-0.4, -0.2) is 17.6 Å². The van der Waals surface area contributed by atoms with Gasteiger partial charge in [-0.1, -0.05) is 18.2 Å². The normalized spacial score (nSPS) is 12.1. The summed E-state index contributed by atoms with van der Waals surface area (Å²) in [6, 6.07) is 7.53. The summed E-state index contributed by atoms with van der Waals surface area (Å²) in [5.74, 6) is -0.860. The fourth-order valence-corrected chi connectivity index (χ4v) is 3.06. The lowest BCUT2D eigenvalue weighted by molar-refractivity contribution is -0.138. The molecule has 164 valence electrons. The topological polar surface area (TPSA) is 51.2 Å². The number of aromatic nitrogens is 1. The molecule has 2 aromatic carbocycles. The highest BCUT2D eigenvalue weighted by atomic mass is 19.4. The first kappa shape index (κ1) is 22.4. The van der Waals surface area contributed by atoms with Crippen LogP contribution in [0.4, 0.5) is 32.0 Å². The molecule has 3 aromatic rings. The van der Waals surface area contributed by atoms with Crippen molar-refractivity contribution in [2.75, 3.05) is 11.9 Å². The van der Waals surface area contributed by atoms with Crippen molar-refractivity contribution >= 4 is 22.6 Å². The van der Waals surface area contributed by atoms with Gasteiger partial charge in [-0.2, -0.15) is 26.3 Å². The van der Waals surface area contributed by atoms with Gasteiger partial charge in [0.25, 0.3) is 0 Å². The van der Waals surface area contributed by atoms with E-state index < -0.39 is 36.0 Å². The summed E-state index contributed by atoms with van der Waals surface area (Å²) < 4.78 is 84.4. The summed E-state index contributed by atoms with van der Waals surface area (Å²) in [6.45, 7) is 1.15. The molecule has 0 unspecified atom stereocenters. The molecule has 1 heterocycles. The van der Waals surface area contributed by atoms with Crippen molar-refractivity contribution < 1.29 is 35.9 Å². The maximum atomic E-state index is 13.3. The Hall–Kier alpha value is -3.30. The number of pyridine rings is 1. The molecule has 0 bridgehead atoms. The smallest absolute Gasteiger partial charge is 0.416 e. The Bertz CT molecular complexity index is 1110. The molecule has 1 aromatic heterocycles. The SMILES string of the molecule is CCOC(=O)c1cnc2ccc(C(F)(F)F)cc2c1NCc1ccccc1C(F)(F)F. The van der Waals surface area contributed by atoms with Gasteiger partial charge in [-0.25, -0.2) is 4.79 Å². The van der Waals surface area contributed by atoms with Crippen LogP contribution in [0.15, 0.2) is 48.7 Å². The van der Waals surface area contributed by atoms with Crippen LogP contribution in [0.5, 0.6) is 0 Å². The van der Waals surface area contributed by atoms with E-state index in [4.69, 9.17) is 4.74 Å². The first-order chi connectivity index (χ1) is 14.5. The summed E-state index contributed by atoms with van der Waals surface area (Å²) >= 11 is 0. The minimum Gasteiger partial charge on any atom is -0.462 e. The number of nitrogens with one attached hydrogen (secondary N) is 1. The second-order valence-corrected chi connectivity index (χ2v) is 6.51. The first-order valence-corrected chi connectivity index (χ1v) is 9.08. The monoisotopic (exact) mass is 442 g/mol. The molecule has 0 saturated carbocycles. The van der Waals surface area contributed by atoms with E-state index in [-0.39, 0.29) is 34.3 Å². The van der Waals surface area contributed by atoms with Gasteiger partial charge in [0.05, 0.1) is 28.9 Å². The van der Waals surface area contributed by atoms with Gasteiger partial charge < -0.3 is 10.1 Å². The molecule has 0 aliphatic rings. The largest absolute Gasteiger partial charge is 0.462 e. The lowest BCUT2D eigenvalue weighted by Gasteiger charge is -2.17. The molecule has 0 fully saturated rings. The van der Waals surface area contributed by atoms with E-state index in [0.29, 0.717) is 0 Å². The number of carbonyl (C=O) groups is 1. The van der Waals surface area contributed by atoms with Crippen LogP contribution in [0.3, 0.4) is 0 Å². The van der Waals surface area contributed by atoms with Crippen molar-refractivity contribution in [2.24, 2.45) is 0 Å². The lowest BCUT2D eigenvalue weighted by atomic mass is 10.0. The summed E-state index contributed by atoms with van der Waals surface area (Å²) in [4.78, 5) is 16.3. The number of alkyl halides is 6. The van der Waals surface area contributed by atoms with Crippen molar-refractivity contribution in [2.45, 2.75) is 25.8 Å². The number of hydrogen-bond acceptors (Lipinski definition) is 4. The van der Waals surface area contributed by atoms with Gasteiger partial charge in [-0.15, -0.1) is 0 Å². The fourth-order valence-electron chi connectivity index (χ4n) is 3.06. The Balaban J connectivity index is 2.12. The molecule has 10 heteroatoms. The maximum absolute atomic E-state index is 13.3. The molecule has 1 N–H and O–H groups in total. The van der Waals surface area contributed by atoms with Crippen molar-refractivity contribution in [1.82, 2.24) is 4.98 Å². The van der Waals surface area contributed by atoms with E-state index >= 15 is 0 Å². The predicted molar refractivity (Wildman–Crippen MR) is 101 cm³/mol. The Labute approximate surface area is 172 Å². The number of anilines is 1. The quantitative estimate of drug-likeness (QED) is 0.386. The lowest BCUT2D eigenvalue weighted by Crippen LogP contribution is -2.14. The maximum Gasteiger partial charge on any atom is 0.416 e. The number of benzene rings is 2. The summed E-state index contributed by atoms with van der Waals surface area (Å²) in [5.41, 5.74) is -2.16. The second-order valence-electron chi connectivity index (χ2n) is 6.51. The standard InChI is InChI=1S/C21H16F6N2O2/c1-2-31-19(30)15-11-28-17-8-7-13(20(22,23)24)9-14(17)18(15)29-10-12-5-3-4-6-16(12)21(25,26)27/h3-9,11H,2,10H2,1H3,(H,28,29). The van der Waals surface area contributed by atoms with E-state index in [1.807, 2.05) is 0 Å². The van der Waals surface area contributed by atoms with Gasteiger partial charge in [0.2, 0.25) is 0 Å². The highest BCUT2D eigenvalue weighted by molar-refractivity contribution is 6.05. The van der Waals surface area contributed by atoms with E-state index in [2.05, 4.69) is 10.3 Å². The summed E-state index contributed by atoms with van der Waals surface area (Å²) in [5, 5.41) is 2.63. The van der Waals surface area contributed by atoms with Crippen molar-refractivity contribution in [1.29, 1.82) is 0 Å². The zero-order valence-electron chi connectivity index (χ0n) is 16.1. The molecule has 0 aliphatic heterocycles. The second kappa shape index (κ2) is 8.44. The third-order valence-electron chi connectivity index (χ3n) is 4.47. The fraction of sp³-hybridized carbons (Fsp3) is 0.238. The van der Waals surface area contributed by atoms with Crippen molar-refractivity contribution in [3.05, 3.63) is 70.9 Å². The van der Waals surface area contributed by atoms with Crippen LogP contribution >= 0.6 is 0 Å². The van der Waals surface area contributed by atoms with Crippen LogP contribution in [0.25, 0.3) is 10.9 Å².